The molecule has 1 saturated heterocycles. The van der Waals surface area contributed by atoms with Crippen molar-refractivity contribution in [3.05, 3.63) is 0 Å². The summed E-state index contributed by atoms with van der Waals surface area (Å²) >= 11 is 0. The molecule has 4 atom stereocenters. The molecule has 0 N–H and O–H groups in total. The van der Waals surface area contributed by atoms with E-state index in [2.05, 4.69) is 13.8 Å². The first-order valence-corrected chi connectivity index (χ1v) is 12.9. The third-order valence-electron chi connectivity index (χ3n) is 8.67. The fourth-order valence-corrected chi connectivity index (χ4v) is 6.94. The standard InChI is InChI=1S/C26H44O3/c1-3-5-7-9-11-13-16-21(15-12-10-8-6-4-2)22-17-14-18-25-19-20-26(22,25)24(28)29-23(25)27/h21-22H,3-20H2,1-2H3. The minimum absolute atomic E-state index is 0.155. The van der Waals surface area contributed by atoms with Crippen LogP contribution < -0.4 is 0 Å². The van der Waals surface area contributed by atoms with Gasteiger partial charge in [-0.15, -0.1) is 0 Å². The van der Waals surface area contributed by atoms with Crippen molar-refractivity contribution in [2.75, 3.05) is 0 Å². The van der Waals surface area contributed by atoms with Crippen molar-refractivity contribution in [1.29, 1.82) is 0 Å². The van der Waals surface area contributed by atoms with Crippen molar-refractivity contribution >= 4 is 11.9 Å². The molecule has 0 spiro atoms. The normalized spacial score (nSPS) is 31.7. The molecule has 0 bridgehead atoms. The van der Waals surface area contributed by atoms with Gasteiger partial charge in [0.2, 0.25) is 0 Å². The van der Waals surface area contributed by atoms with Gasteiger partial charge in [0.15, 0.2) is 0 Å². The Labute approximate surface area is 178 Å². The van der Waals surface area contributed by atoms with Gasteiger partial charge >= 0.3 is 11.9 Å². The van der Waals surface area contributed by atoms with Gasteiger partial charge in [0.25, 0.3) is 0 Å². The third-order valence-corrected chi connectivity index (χ3v) is 8.67. The van der Waals surface area contributed by atoms with Gasteiger partial charge in [0, 0.05) is 0 Å². The van der Waals surface area contributed by atoms with Crippen LogP contribution in [0.25, 0.3) is 0 Å². The monoisotopic (exact) mass is 404 g/mol. The van der Waals surface area contributed by atoms with E-state index in [0.29, 0.717) is 11.8 Å². The maximum Gasteiger partial charge on any atom is 0.321 e. The molecule has 0 aromatic heterocycles. The lowest BCUT2D eigenvalue weighted by Crippen LogP contribution is -2.61. The summed E-state index contributed by atoms with van der Waals surface area (Å²) in [6.45, 7) is 4.53. The molecule has 0 aromatic rings. The number of rotatable bonds is 14. The Morgan fingerprint density at radius 2 is 1.38 bits per heavy atom. The maximum absolute atomic E-state index is 12.9. The Morgan fingerprint density at radius 1 is 0.793 bits per heavy atom. The maximum atomic E-state index is 12.9. The minimum Gasteiger partial charge on any atom is -0.392 e. The van der Waals surface area contributed by atoms with Gasteiger partial charge < -0.3 is 4.74 Å². The summed E-state index contributed by atoms with van der Waals surface area (Å²) in [4.78, 5) is 25.5. The van der Waals surface area contributed by atoms with Gasteiger partial charge in [0.1, 0.15) is 0 Å². The summed E-state index contributed by atoms with van der Waals surface area (Å²) in [5.41, 5.74) is -0.882. The van der Waals surface area contributed by atoms with E-state index in [1.54, 1.807) is 0 Å². The Kier molecular flexibility index (Phi) is 8.22. The second-order valence-electron chi connectivity index (χ2n) is 10.2. The average molecular weight is 405 g/mol. The summed E-state index contributed by atoms with van der Waals surface area (Å²) in [5, 5.41) is 0. The lowest BCUT2D eigenvalue weighted by molar-refractivity contribution is -0.177. The molecular formula is C26H44O3. The van der Waals surface area contributed by atoms with Crippen LogP contribution in [0.3, 0.4) is 0 Å². The molecule has 3 fully saturated rings. The average Bonchev–Trinajstić information content (AvgIpc) is 2.86. The molecule has 29 heavy (non-hydrogen) atoms. The van der Waals surface area contributed by atoms with Gasteiger partial charge in [-0.05, 0) is 37.5 Å². The Hall–Kier alpha value is -0.860. The molecule has 166 valence electrons. The second kappa shape index (κ2) is 10.4. The van der Waals surface area contributed by atoms with Crippen LogP contribution in [0.2, 0.25) is 0 Å². The molecule has 1 aliphatic heterocycles. The predicted molar refractivity (Wildman–Crippen MR) is 117 cm³/mol. The van der Waals surface area contributed by atoms with Crippen molar-refractivity contribution < 1.29 is 14.3 Å². The minimum atomic E-state index is -0.446. The molecule has 1 heterocycles. The Balaban J connectivity index is 1.64. The van der Waals surface area contributed by atoms with Crippen LogP contribution >= 0.6 is 0 Å². The van der Waals surface area contributed by atoms with E-state index in [4.69, 9.17) is 4.74 Å². The van der Waals surface area contributed by atoms with Gasteiger partial charge in [-0.1, -0.05) is 104 Å². The SMILES string of the molecule is CCCCCCCCC(CCCCCCC)C1CCCC23CCC12C(=O)OC3=O. The first-order chi connectivity index (χ1) is 14.1. The zero-order valence-electron chi connectivity index (χ0n) is 19.1. The van der Waals surface area contributed by atoms with E-state index in [1.165, 1.54) is 83.5 Å². The molecule has 2 aliphatic carbocycles. The molecule has 4 unspecified atom stereocenters. The smallest absolute Gasteiger partial charge is 0.321 e. The van der Waals surface area contributed by atoms with E-state index >= 15 is 0 Å². The molecule has 3 rings (SSSR count). The summed E-state index contributed by atoms with van der Waals surface area (Å²) < 4.78 is 5.31. The number of carbonyl (C=O) groups excluding carboxylic acids is 2. The Bertz CT molecular complexity index is 556. The highest BCUT2D eigenvalue weighted by Crippen LogP contribution is 2.72. The molecule has 0 amide bonds. The lowest BCUT2D eigenvalue weighted by Gasteiger charge is -2.58. The summed E-state index contributed by atoms with van der Waals surface area (Å²) in [6.07, 6.45) is 21.9. The molecule has 0 radical (unpaired) electrons. The number of ether oxygens (including phenoxy) is 1. The summed E-state index contributed by atoms with van der Waals surface area (Å²) in [5.74, 6) is 0.643. The highest BCUT2D eigenvalue weighted by molar-refractivity contribution is 6.03. The van der Waals surface area contributed by atoms with E-state index in [0.717, 1.165) is 32.1 Å². The van der Waals surface area contributed by atoms with Crippen LogP contribution in [-0.4, -0.2) is 11.9 Å². The predicted octanol–water partition coefficient (Wildman–Crippen LogP) is 7.36. The molecule has 3 aliphatic rings. The first-order valence-electron chi connectivity index (χ1n) is 12.9. The fraction of sp³-hybridized carbons (Fsp3) is 0.923. The Morgan fingerprint density at radius 3 is 1.93 bits per heavy atom. The number of cyclic esters (lactones) is 2. The largest absolute Gasteiger partial charge is 0.392 e. The fourth-order valence-electron chi connectivity index (χ4n) is 6.94. The van der Waals surface area contributed by atoms with E-state index in [1.807, 2.05) is 0 Å². The van der Waals surface area contributed by atoms with Crippen LogP contribution in [0.4, 0.5) is 0 Å². The van der Waals surface area contributed by atoms with Crippen LogP contribution in [-0.2, 0) is 14.3 Å². The number of unbranched alkanes of at least 4 members (excludes halogenated alkanes) is 9. The van der Waals surface area contributed by atoms with Crippen molar-refractivity contribution in [1.82, 2.24) is 0 Å². The van der Waals surface area contributed by atoms with Crippen molar-refractivity contribution in [2.24, 2.45) is 22.7 Å². The van der Waals surface area contributed by atoms with E-state index in [-0.39, 0.29) is 11.9 Å². The highest BCUT2D eigenvalue weighted by atomic mass is 16.6. The molecular weight excluding hydrogens is 360 g/mol. The summed E-state index contributed by atoms with van der Waals surface area (Å²) in [7, 11) is 0. The topological polar surface area (TPSA) is 43.4 Å². The van der Waals surface area contributed by atoms with Crippen LogP contribution in [0.5, 0.6) is 0 Å². The van der Waals surface area contributed by atoms with Crippen molar-refractivity contribution in [2.45, 2.75) is 129 Å². The zero-order valence-corrected chi connectivity index (χ0v) is 19.1. The highest BCUT2D eigenvalue weighted by Gasteiger charge is 2.77. The van der Waals surface area contributed by atoms with Crippen molar-refractivity contribution in [3.63, 3.8) is 0 Å². The van der Waals surface area contributed by atoms with Gasteiger partial charge in [-0.3, -0.25) is 9.59 Å². The molecule has 3 heteroatoms. The van der Waals surface area contributed by atoms with E-state index < -0.39 is 10.8 Å². The second-order valence-corrected chi connectivity index (χ2v) is 10.2. The first kappa shape index (κ1) is 22.8. The van der Waals surface area contributed by atoms with Gasteiger partial charge in [0.05, 0.1) is 10.8 Å². The molecule has 0 aromatic carbocycles. The number of esters is 2. The molecule has 3 nitrogen and oxygen atoms in total. The molecule has 2 saturated carbocycles. The third kappa shape index (κ3) is 4.30. The number of hydrogen-bond acceptors (Lipinski definition) is 3. The van der Waals surface area contributed by atoms with Gasteiger partial charge in [-0.25, -0.2) is 0 Å². The van der Waals surface area contributed by atoms with Gasteiger partial charge in [-0.2, -0.15) is 0 Å². The zero-order chi connectivity index (χ0) is 20.7. The van der Waals surface area contributed by atoms with Crippen molar-refractivity contribution in [3.8, 4) is 0 Å². The number of hydrogen-bond donors (Lipinski definition) is 0. The summed E-state index contributed by atoms with van der Waals surface area (Å²) in [6, 6.07) is 0. The number of carbonyl (C=O) groups is 2. The lowest BCUT2D eigenvalue weighted by atomic mass is 9.40. The van der Waals surface area contributed by atoms with Crippen LogP contribution in [0.1, 0.15) is 129 Å². The quantitative estimate of drug-likeness (QED) is 0.172. The van der Waals surface area contributed by atoms with Crippen LogP contribution in [0, 0.1) is 22.7 Å². The van der Waals surface area contributed by atoms with E-state index in [9.17, 15) is 9.59 Å². The van der Waals surface area contributed by atoms with Crippen LogP contribution in [0.15, 0.2) is 0 Å².